The van der Waals surface area contributed by atoms with E-state index in [9.17, 15) is 0 Å². The lowest BCUT2D eigenvalue weighted by atomic mass is 9.94. The molecule has 2 heterocycles. The van der Waals surface area contributed by atoms with Gasteiger partial charge in [-0.3, -0.25) is 9.89 Å². The highest BCUT2D eigenvalue weighted by atomic mass is 16.5. The monoisotopic (exact) mass is 413 g/mol. The minimum atomic E-state index is -0.0462. The van der Waals surface area contributed by atoms with E-state index in [2.05, 4.69) is 77.5 Å². The highest BCUT2D eigenvalue weighted by Gasteiger charge is 2.19. The van der Waals surface area contributed by atoms with E-state index in [0.717, 1.165) is 38.0 Å². The first-order valence-corrected chi connectivity index (χ1v) is 10.6. The maximum atomic E-state index is 5.83. The Morgan fingerprint density at radius 2 is 2.00 bits per heavy atom. The zero-order valence-electron chi connectivity index (χ0n) is 18.9. The molecule has 0 radical (unpaired) electrons. The average Bonchev–Trinajstić information content (AvgIpc) is 3.18. The topological polar surface area (TPSA) is 74.9 Å². The molecule has 1 aliphatic heterocycles. The van der Waals surface area contributed by atoms with Crippen LogP contribution < -0.4 is 10.6 Å². The minimum absolute atomic E-state index is 0.0462. The number of oxazole rings is 1. The van der Waals surface area contributed by atoms with Crippen LogP contribution in [0.5, 0.6) is 0 Å². The molecule has 7 nitrogen and oxygen atoms in total. The summed E-state index contributed by atoms with van der Waals surface area (Å²) < 4.78 is 11.5. The van der Waals surface area contributed by atoms with Gasteiger partial charge in [-0.05, 0) is 18.1 Å². The van der Waals surface area contributed by atoms with Gasteiger partial charge in [0.05, 0.1) is 25.5 Å². The fourth-order valence-electron chi connectivity index (χ4n) is 3.43. The van der Waals surface area contributed by atoms with E-state index >= 15 is 0 Å². The summed E-state index contributed by atoms with van der Waals surface area (Å²) in [6.45, 7) is 13.4. The molecule has 164 valence electrons. The van der Waals surface area contributed by atoms with Crippen LogP contribution in [0.2, 0.25) is 0 Å². The highest BCUT2D eigenvalue weighted by Crippen LogP contribution is 2.22. The Morgan fingerprint density at radius 3 is 2.70 bits per heavy atom. The lowest BCUT2D eigenvalue weighted by Crippen LogP contribution is -2.40. The molecule has 7 heteroatoms. The number of hydrogen-bond acceptors (Lipinski definition) is 5. The Bertz CT molecular complexity index is 840. The van der Waals surface area contributed by atoms with Crippen LogP contribution in [0, 0.1) is 0 Å². The molecule has 1 aromatic carbocycles. The second-order valence-electron chi connectivity index (χ2n) is 8.88. The van der Waals surface area contributed by atoms with E-state index in [4.69, 9.17) is 9.15 Å². The number of rotatable bonds is 6. The summed E-state index contributed by atoms with van der Waals surface area (Å²) in [5.74, 6) is 2.26. The number of aliphatic imine (C=N–C) groups is 1. The fraction of sp³-hybridized carbons (Fsp3) is 0.565. The van der Waals surface area contributed by atoms with Gasteiger partial charge in [0.15, 0.2) is 5.96 Å². The van der Waals surface area contributed by atoms with Gasteiger partial charge in [0, 0.05) is 38.6 Å². The second-order valence-corrected chi connectivity index (χ2v) is 8.88. The molecule has 1 atom stereocenters. The van der Waals surface area contributed by atoms with Crippen LogP contribution in [0.3, 0.4) is 0 Å². The molecule has 2 N–H and O–H groups in total. The average molecular weight is 414 g/mol. The molecule has 30 heavy (non-hydrogen) atoms. The zero-order chi connectivity index (χ0) is 21.6. The SMILES string of the molecule is CN=C(NCc1cccc(CN2CCOC(C)C2)c1)NCc1ncc(C(C)(C)C)o1. The van der Waals surface area contributed by atoms with E-state index in [-0.39, 0.29) is 5.41 Å². The van der Waals surface area contributed by atoms with Crippen LogP contribution in [-0.2, 0) is 29.8 Å². The number of guanidine groups is 1. The largest absolute Gasteiger partial charge is 0.443 e. The molecule has 1 aromatic heterocycles. The van der Waals surface area contributed by atoms with E-state index in [1.807, 2.05) is 0 Å². The summed E-state index contributed by atoms with van der Waals surface area (Å²) in [5.41, 5.74) is 2.50. The molecule has 3 rings (SSSR count). The number of morpholine rings is 1. The van der Waals surface area contributed by atoms with Crippen molar-refractivity contribution in [2.24, 2.45) is 4.99 Å². The van der Waals surface area contributed by atoms with Crippen molar-refractivity contribution in [3.63, 3.8) is 0 Å². The van der Waals surface area contributed by atoms with Gasteiger partial charge < -0.3 is 19.8 Å². The second kappa shape index (κ2) is 10.1. The van der Waals surface area contributed by atoms with Gasteiger partial charge in [-0.2, -0.15) is 0 Å². The number of nitrogens with zero attached hydrogens (tertiary/aromatic N) is 3. The van der Waals surface area contributed by atoms with Crippen LogP contribution >= 0.6 is 0 Å². The number of nitrogens with one attached hydrogen (secondary N) is 2. The van der Waals surface area contributed by atoms with Crippen molar-refractivity contribution in [2.75, 3.05) is 26.7 Å². The standard InChI is InChI=1S/C23H35N5O2/c1-17-15-28(9-10-29-17)16-19-8-6-7-18(11-19)12-26-22(24-5)27-14-21-25-13-20(30-21)23(2,3)4/h6-8,11,13,17H,9-10,12,14-16H2,1-5H3,(H2,24,26,27). The predicted molar refractivity (Wildman–Crippen MR) is 119 cm³/mol. The Hall–Kier alpha value is -2.38. The Kier molecular flexibility index (Phi) is 7.50. The first-order chi connectivity index (χ1) is 14.3. The third-order valence-electron chi connectivity index (χ3n) is 5.11. The molecule has 2 aromatic rings. The predicted octanol–water partition coefficient (Wildman–Crippen LogP) is 3.06. The van der Waals surface area contributed by atoms with E-state index < -0.39 is 0 Å². The maximum absolute atomic E-state index is 5.83. The lowest BCUT2D eigenvalue weighted by Gasteiger charge is -2.31. The molecule has 0 saturated carbocycles. The van der Waals surface area contributed by atoms with Crippen molar-refractivity contribution >= 4 is 5.96 Å². The first-order valence-electron chi connectivity index (χ1n) is 10.6. The van der Waals surface area contributed by atoms with Crippen LogP contribution in [0.15, 0.2) is 39.9 Å². The van der Waals surface area contributed by atoms with Crippen LogP contribution in [0.25, 0.3) is 0 Å². The van der Waals surface area contributed by atoms with Crippen LogP contribution in [0.1, 0.15) is 50.5 Å². The van der Waals surface area contributed by atoms with Gasteiger partial charge in [0.25, 0.3) is 0 Å². The van der Waals surface area contributed by atoms with Crippen molar-refractivity contribution in [3.8, 4) is 0 Å². The molecule has 1 fully saturated rings. The number of aromatic nitrogens is 1. The molecule has 0 bridgehead atoms. The van der Waals surface area contributed by atoms with Crippen molar-refractivity contribution in [2.45, 2.75) is 58.8 Å². The number of benzene rings is 1. The smallest absolute Gasteiger partial charge is 0.213 e. The number of hydrogen-bond donors (Lipinski definition) is 2. The molecule has 1 saturated heterocycles. The first kappa shape index (κ1) is 22.3. The van der Waals surface area contributed by atoms with E-state index in [0.29, 0.717) is 25.1 Å². The Morgan fingerprint density at radius 1 is 1.23 bits per heavy atom. The van der Waals surface area contributed by atoms with Gasteiger partial charge in [-0.25, -0.2) is 4.98 Å². The van der Waals surface area contributed by atoms with Gasteiger partial charge in [0.2, 0.25) is 5.89 Å². The minimum Gasteiger partial charge on any atom is -0.443 e. The van der Waals surface area contributed by atoms with Crippen LogP contribution in [-0.4, -0.2) is 48.7 Å². The summed E-state index contributed by atoms with van der Waals surface area (Å²) in [7, 11) is 1.77. The highest BCUT2D eigenvalue weighted by molar-refractivity contribution is 5.79. The van der Waals surface area contributed by atoms with E-state index in [1.54, 1.807) is 13.2 Å². The van der Waals surface area contributed by atoms with Gasteiger partial charge in [0.1, 0.15) is 5.76 Å². The third-order valence-corrected chi connectivity index (χ3v) is 5.11. The van der Waals surface area contributed by atoms with Crippen molar-refractivity contribution in [1.82, 2.24) is 20.5 Å². The van der Waals surface area contributed by atoms with Crippen molar-refractivity contribution in [1.29, 1.82) is 0 Å². The summed E-state index contributed by atoms with van der Waals surface area (Å²) >= 11 is 0. The molecule has 1 aliphatic rings. The zero-order valence-corrected chi connectivity index (χ0v) is 18.9. The number of ether oxygens (including phenoxy) is 1. The van der Waals surface area contributed by atoms with Gasteiger partial charge in [-0.15, -0.1) is 0 Å². The maximum Gasteiger partial charge on any atom is 0.213 e. The summed E-state index contributed by atoms with van der Waals surface area (Å²) in [6, 6.07) is 8.69. The van der Waals surface area contributed by atoms with Crippen molar-refractivity contribution < 1.29 is 9.15 Å². The van der Waals surface area contributed by atoms with Crippen molar-refractivity contribution in [3.05, 3.63) is 53.2 Å². The third kappa shape index (κ3) is 6.57. The van der Waals surface area contributed by atoms with Gasteiger partial charge in [-0.1, -0.05) is 45.0 Å². The summed E-state index contributed by atoms with van der Waals surface area (Å²) in [6.07, 6.45) is 2.11. The Balaban J connectivity index is 1.49. The normalized spacial score (nSPS) is 18.4. The molecule has 0 spiro atoms. The summed E-state index contributed by atoms with van der Waals surface area (Å²) in [4.78, 5) is 11.1. The van der Waals surface area contributed by atoms with Crippen LogP contribution in [0.4, 0.5) is 0 Å². The van der Waals surface area contributed by atoms with Gasteiger partial charge >= 0.3 is 0 Å². The lowest BCUT2D eigenvalue weighted by molar-refractivity contribution is -0.0212. The molecule has 1 unspecified atom stereocenters. The Labute approximate surface area is 179 Å². The fourth-order valence-corrected chi connectivity index (χ4v) is 3.43. The molecule has 0 aliphatic carbocycles. The molecular weight excluding hydrogens is 378 g/mol. The summed E-state index contributed by atoms with van der Waals surface area (Å²) in [5, 5.41) is 6.63. The molecular formula is C23H35N5O2. The molecule has 0 amide bonds. The quantitative estimate of drug-likeness (QED) is 0.560. The van der Waals surface area contributed by atoms with E-state index in [1.165, 1.54) is 11.1 Å².